The fourth-order valence-electron chi connectivity index (χ4n) is 3.74. The molecule has 0 radical (unpaired) electrons. The molecule has 4 nitrogen and oxygen atoms in total. The average Bonchev–Trinajstić information content (AvgIpc) is 2.60. The number of benzene rings is 2. The SMILES string of the molecule is Cc1ccc(Sc2ccccc2N2C[C@@H](C)N(CC(=O)O)C[C@@H]2C)c(C)c1. The van der Waals surface area contributed by atoms with Crippen LogP contribution < -0.4 is 4.90 Å². The van der Waals surface area contributed by atoms with Gasteiger partial charge in [0.1, 0.15) is 0 Å². The summed E-state index contributed by atoms with van der Waals surface area (Å²) < 4.78 is 0. The molecular formula is C22H28N2O2S. The Balaban J connectivity index is 1.84. The highest BCUT2D eigenvalue weighted by Gasteiger charge is 2.31. The van der Waals surface area contributed by atoms with Gasteiger partial charge in [0.15, 0.2) is 0 Å². The van der Waals surface area contributed by atoms with Gasteiger partial charge in [-0.15, -0.1) is 0 Å². The smallest absolute Gasteiger partial charge is 0.317 e. The van der Waals surface area contributed by atoms with E-state index in [2.05, 4.69) is 80.0 Å². The number of rotatable bonds is 5. The number of aryl methyl sites for hydroxylation is 2. The van der Waals surface area contributed by atoms with Gasteiger partial charge in [0.25, 0.3) is 0 Å². The number of nitrogens with zero attached hydrogens (tertiary/aromatic N) is 2. The summed E-state index contributed by atoms with van der Waals surface area (Å²) in [6, 6.07) is 15.6. The molecule has 0 saturated carbocycles. The molecule has 0 unspecified atom stereocenters. The number of carboxylic acids is 1. The summed E-state index contributed by atoms with van der Waals surface area (Å²) in [4.78, 5) is 18.1. The van der Waals surface area contributed by atoms with Crippen LogP contribution in [0.3, 0.4) is 0 Å². The number of piperazine rings is 1. The molecule has 27 heavy (non-hydrogen) atoms. The van der Waals surface area contributed by atoms with Crippen molar-refractivity contribution in [2.75, 3.05) is 24.5 Å². The van der Waals surface area contributed by atoms with E-state index in [0.717, 1.165) is 13.1 Å². The lowest BCUT2D eigenvalue weighted by molar-refractivity contribution is -0.139. The van der Waals surface area contributed by atoms with E-state index in [-0.39, 0.29) is 18.6 Å². The van der Waals surface area contributed by atoms with E-state index in [9.17, 15) is 4.79 Å². The van der Waals surface area contributed by atoms with Crippen molar-refractivity contribution in [3.05, 3.63) is 53.6 Å². The number of aliphatic carboxylic acids is 1. The molecule has 0 aromatic heterocycles. The molecule has 0 aliphatic carbocycles. The van der Waals surface area contributed by atoms with E-state index in [1.165, 1.54) is 26.6 Å². The predicted octanol–water partition coefficient (Wildman–Crippen LogP) is 4.44. The van der Waals surface area contributed by atoms with Crippen LogP contribution >= 0.6 is 11.8 Å². The molecule has 1 N–H and O–H groups in total. The zero-order chi connectivity index (χ0) is 19.6. The van der Waals surface area contributed by atoms with E-state index in [1.54, 1.807) is 0 Å². The highest BCUT2D eigenvalue weighted by Crippen LogP contribution is 2.38. The summed E-state index contributed by atoms with van der Waals surface area (Å²) in [5, 5.41) is 9.15. The van der Waals surface area contributed by atoms with Gasteiger partial charge in [-0.1, -0.05) is 41.6 Å². The van der Waals surface area contributed by atoms with E-state index >= 15 is 0 Å². The van der Waals surface area contributed by atoms with Crippen molar-refractivity contribution in [2.24, 2.45) is 0 Å². The van der Waals surface area contributed by atoms with E-state index < -0.39 is 5.97 Å². The number of carbonyl (C=O) groups is 1. The number of para-hydroxylation sites is 1. The maximum atomic E-state index is 11.1. The second-order valence-electron chi connectivity index (χ2n) is 7.51. The molecule has 1 heterocycles. The first-order chi connectivity index (χ1) is 12.8. The number of hydrogen-bond donors (Lipinski definition) is 1. The van der Waals surface area contributed by atoms with Crippen LogP contribution in [-0.4, -0.2) is 47.7 Å². The molecular weight excluding hydrogens is 356 g/mol. The fourth-order valence-corrected chi connectivity index (χ4v) is 4.77. The number of hydrogen-bond acceptors (Lipinski definition) is 4. The van der Waals surface area contributed by atoms with Gasteiger partial charge in [0.05, 0.1) is 12.2 Å². The molecule has 5 heteroatoms. The van der Waals surface area contributed by atoms with Crippen molar-refractivity contribution in [1.29, 1.82) is 0 Å². The maximum Gasteiger partial charge on any atom is 0.317 e. The summed E-state index contributed by atoms with van der Waals surface area (Å²) >= 11 is 1.81. The topological polar surface area (TPSA) is 43.8 Å². The maximum absolute atomic E-state index is 11.1. The van der Waals surface area contributed by atoms with Crippen molar-refractivity contribution in [2.45, 2.75) is 49.6 Å². The van der Waals surface area contributed by atoms with Crippen molar-refractivity contribution >= 4 is 23.4 Å². The van der Waals surface area contributed by atoms with Gasteiger partial charge in [0.2, 0.25) is 0 Å². The van der Waals surface area contributed by atoms with Crippen LogP contribution in [0.5, 0.6) is 0 Å². The molecule has 0 bridgehead atoms. The minimum atomic E-state index is -0.756. The van der Waals surface area contributed by atoms with Gasteiger partial charge in [-0.2, -0.15) is 0 Å². The van der Waals surface area contributed by atoms with Gasteiger partial charge >= 0.3 is 5.97 Å². The molecule has 144 valence electrons. The lowest BCUT2D eigenvalue weighted by Gasteiger charge is -2.45. The van der Waals surface area contributed by atoms with Crippen LogP contribution in [-0.2, 0) is 4.79 Å². The van der Waals surface area contributed by atoms with E-state index in [1.807, 2.05) is 11.8 Å². The van der Waals surface area contributed by atoms with Crippen molar-refractivity contribution in [3.63, 3.8) is 0 Å². The zero-order valence-electron chi connectivity index (χ0n) is 16.5. The molecule has 2 aromatic rings. The minimum Gasteiger partial charge on any atom is -0.480 e. The van der Waals surface area contributed by atoms with Crippen molar-refractivity contribution in [3.8, 4) is 0 Å². The van der Waals surface area contributed by atoms with Crippen LogP contribution in [0.2, 0.25) is 0 Å². The van der Waals surface area contributed by atoms with Gasteiger partial charge in [-0.05, 0) is 51.5 Å². The van der Waals surface area contributed by atoms with Crippen molar-refractivity contribution in [1.82, 2.24) is 4.90 Å². The molecule has 1 saturated heterocycles. The normalized spacial score (nSPS) is 20.7. The average molecular weight is 385 g/mol. The Morgan fingerprint density at radius 2 is 1.81 bits per heavy atom. The van der Waals surface area contributed by atoms with Crippen LogP contribution in [0.25, 0.3) is 0 Å². The summed E-state index contributed by atoms with van der Waals surface area (Å²) in [6.45, 7) is 10.3. The van der Waals surface area contributed by atoms with Crippen LogP contribution in [0.1, 0.15) is 25.0 Å². The summed E-state index contributed by atoms with van der Waals surface area (Å²) in [5.41, 5.74) is 3.81. The first-order valence-electron chi connectivity index (χ1n) is 9.41. The molecule has 0 amide bonds. The second kappa shape index (κ2) is 8.36. The largest absolute Gasteiger partial charge is 0.480 e. The van der Waals surface area contributed by atoms with Gasteiger partial charge in [-0.3, -0.25) is 9.69 Å². The third-order valence-corrected chi connectivity index (χ3v) is 6.42. The molecule has 2 aromatic carbocycles. The first-order valence-corrected chi connectivity index (χ1v) is 10.2. The Labute approximate surface area is 166 Å². The third-order valence-electron chi connectivity index (χ3n) is 5.18. The lowest BCUT2D eigenvalue weighted by Crippen LogP contribution is -2.57. The van der Waals surface area contributed by atoms with Crippen LogP contribution in [0.15, 0.2) is 52.3 Å². The molecule has 1 aliphatic heterocycles. The Morgan fingerprint density at radius 1 is 1.07 bits per heavy atom. The second-order valence-corrected chi connectivity index (χ2v) is 8.60. The summed E-state index contributed by atoms with van der Waals surface area (Å²) in [7, 11) is 0. The summed E-state index contributed by atoms with van der Waals surface area (Å²) in [5.74, 6) is -0.756. The van der Waals surface area contributed by atoms with Crippen molar-refractivity contribution < 1.29 is 9.90 Å². The molecule has 2 atom stereocenters. The number of carboxylic acid groups (broad SMARTS) is 1. The quantitative estimate of drug-likeness (QED) is 0.826. The van der Waals surface area contributed by atoms with Crippen LogP contribution in [0, 0.1) is 13.8 Å². The predicted molar refractivity (Wildman–Crippen MR) is 112 cm³/mol. The summed E-state index contributed by atoms with van der Waals surface area (Å²) in [6.07, 6.45) is 0. The lowest BCUT2D eigenvalue weighted by atomic mass is 10.1. The van der Waals surface area contributed by atoms with Gasteiger partial charge in [0, 0.05) is 35.0 Å². The molecule has 1 aliphatic rings. The molecule has 0 spiro atoms. The van der Waals surface area contributed by atoms with Gasteiger partial charge in [-0.25, -0.2) is 0 Å². The highest BCUT2D eigenvalue weighted by atomic mass is 32.2. The first kappa shape index (κ1) is 19.8. The fraction of sp³-hybridized carbons (Fsp3) is 0.409. The monoisotopic (exact) mass is 384 g/mol. The Hall–Kier alpha value is -1.98. The minimum absolute atomic E-state index is 0.109. The van der Waals surface area contributed by atoms with E-state index in [0.29, 0.717) is 0 Å². The van der Waals surface area contributed by atoms with Crippen LogP contribution in [0.4, 0.5) is 5.69 Å². The Bertz CT molecular complexity index is 824. The van der Waals surface area contributed by atoms with E-state index in [4.69, 9.17) is 5.11 Å². The molecule has 1 fully saturated rings. The number of anilines is 1. The third kappa shape index (κ3) is 4.66. The Morgan fingerprint density at radius 3 is 2.52 bits per heavy atom. The van der Waals surface area contributed by atoms with Gasteiger partial charge < -0.3 is 10.0 Å². The Kier molecular flexibility index (Phi) is 6.12. The standard InChI is InChI=1S/C22H28N2O2S/c1-15-9-10-20(16(2)11-15)27-21-8-6-5-7-19(21)24-13-17(3)23(12-18(24)4)14-22(25)26/h5-11,17-18H,12-14H2,1-4H3,(H,25,26)/t17-,18+/m1/s1. The molecule has 3 rings (SSSR count). The highest BCUT2D eigenvalue weighted by molar-refractivity contribution is 7.99. The zero-order valence-corrected chi connectivity index (χ0v) is 17.3.